The standard InChI is InChI=1S/C16H19NO2S/c1-12(9-15-7-4-8-20-15)17-16(18)11-13-5-3-6-14(10-13)19-2/h3-8,10,12H,9,11H2,1-2H3,(H,17,18)/t12-/m0/s1. The summed E-state index contributed by atoms with van der Waals surface area (Å²) in [5, 5.41) is 5.09. The van der Waals surface area contributed by atoms with Crippen LogP contribution < -0.4 is 10.1 Å². The quantitative estimate of drug-likeness (QED) is 0.887. The number of carbonyl (C=O) groups is 1. The van der Waals surface area contributed by atoms with Crippen molar-refractivity contribution in [2.24, 2.45) is 0 Å². The van der Waals surface area contributed by atoms with Crippen LogP contribution in [0.15, 0.2) is 41.8 Å². The normalized spacial score (nSPS) is 11.9. The molecular weight excluding hydrogens is 270 g/mol. The smallest absolute Gasteiger partial charge is 0.224 e. The van der Waals surface area contributed by atoms with Crippen molar-refractivity contribution in [1.29, 1.82) is 0 Å². The Morgan fingerprint density at radius 2 is 2.20 bits per heavy atom. The second-order valence-electron chi connectivity index (χ2n) is 4.78. The minimum Gasteiger partial charge on any atom is -0.497 e. The van der Waals surface area contributed by atoms with E-state index in [9.17, 15) is 4.79 Å². The topological polar surface area (TPSA) is 38.3 Å². The van der Waals surface area contributed by atoms with Crippen LogP contribution in [0.1, 0.15) is 17.4 Å². The van der Waals surface area contributed by atoms with Crippen LogP contribution in [0.5, 0.6) is 5.75 Å². The zero-order chi connectivity index (χ0) is 14.4. The molecule has 0 unspecified atom stereocenters. The summed E-state index contributed by atoms with van der Waals surface area (Å²) in [5.41, 5.74) is 0.963. The predicted octanol–water partition coefficient (Wildman–Crippen LogP) is 3.05. The van der Waals surface area contributed by atoms with E-state index in [2.05, 4.69) is 16.8 Å². The third-order valence-corrected chi connectivity index (χ3v) is 3.89. The van der Waals surface area contributed by atoms with E-state index < -0.39 is 0 Å². The molecule has 4 heteroatoms. The first-order valence-electron chi connectivity index (χ1n) is 6.62. The lowest BCUT2D eigenvalue weighted by Crippen LogP contribution is -2.34. The van der Waals surface area contributed by atoms with E-state index in [0.29, 0.717) is 6.42 Å². The number of benzene rings is 1. The van der Waals surface area contributed by atoms with Crippen LogP contribution in [-0.2, 0) is 17.6 Å². The molecule has 1 aromatic carbocycles. The molecule has 2 aromatic rings. The molecule has 0 bridgehead atoms. The lowest BCUT2D eigenvalue weighted by Gasteiger charge is -2.13. The highest BCUT2D eigenvalue weighted by atomic mass is 32.1. The molecule has 1 N–H and O–H groups in total. The van der Waals surface area contributed by atoms with Crippen LogP contribution in [-0.4, -0.2) is 19.1 Å². The fraction of sp³-hybridized carbons (Fsp3) is 0.312. The molecule has 0 aliphatic carbocycles. The molecule has 0 radical (unpaired) electrons. The molecule has 0 saturated heterocycles. The number of hydrogen-bond acceptors (Lipinski definition) is 3. The molecular formula is C16H19NO2S. The highest BCUT2D eigenvalue weighted by Gasteiger charge is 2.09. The Bertz CT molecular complexity index is 551. The summed E-state index contributed by atoms with van der Waals surface area (Å²) >= 11 is 1.72. The van der Waals surface area contributed by atoms with Crippen LogP contribution in [0.25, 0.3) is 0 Å². The van der Waals surface area contributed by atoms with E-state index in [0.717, 1.165) is 17.7 Å². The van der Waals surface area contributed by atoms with Gasteiger partial charge in [-0.15, -0.1) is 11.3 Å². The highest BCUT2D eigenvalue weighted by molar-refractivity contribution is 7.09. The average molecular weight is 289 g/mol. The third-order valence-electron chi connectivity index (χ3n) is 2.99. The summed E-state index contributed by atoms with van der Waals surface area (Å²) in [6, 6.07) is 11.9. The highest BCUT2D eigenvalue weighted by Crippen LogP contribution is 2.13. The summed E-state index contributed by atoms with van der Waals surface area (Å²) < 4.78 is 5.16. The van der Waals surface area contributed by atoms with Crippen LogP contribution in [0, 0.1) is 0 Å². The minimum absolute atomic E-state index is 0.0438. The third kappa shape index (κ3) is 4.38. The molecule has 1 aromatic heterocycles. The van der Waals surface area contributed by atoms with Gasteiger partial charge in [0.25, 0.3) is 0 Å². The molecule has 3 nitrogen and oxygen atoms in total. The zero-order valence-electron chi connectivity index (χ0n) is 11.8. The Balaban J connectivity index is 1.85. The molecule has 1 heterocycles. The predicted molar refractivity (Wildman–Crippen MR) is 82.3 cm³/mol. The van der Waals surface area contributed by atoms with Crippen molar-refractivity contribution in [2.75, 3.05) is 7.11 Å². The van der Waals surface area contributed by atoms with Gasteiger partial charge in [0, 0.05) is 17.3 Å². The van der Waals surface area contributed by atoms with E-state index in [-0.39, 0.29) is 11.9 Å². The Morgan fingerprint density at radius 3 is 2.90 bits per heavy atom. The van der Waals surface area contributed by atoms with E-state index in [1.165, 1.54) is 4.88 Å². The van der Waals surface area contributed by atoms with Gasteiger partial charge in [0.1, 0.15) is 5.75 Å². The Labute approximate surface area is 123 Å². The van der Waals surface area contributed by atoms with Gasteiger partial charge < -0.3 is 10.1 Å². The van der Waals surface area contributed by atoms with Crippen LogP contribution in [0.3, 0.4) is 0 Å². The SMILES string of the molecule is COc1cccc(CC(=O)N[C@@H](C)Cc2cccs2)c1. The molecule has 1 amide bonds. The van der Waals surface area contributed by atoms with Gasteiger partial charge in [-0.05, 0) is 36.1 Å². The molecule has 2 rings (SSSR count). The number of methoxy groups -OCH3 is 1. The van der Waals surface area contributed by atoms with E-state index in [1.807, 2.05) is 37.3 Å². The molecule has 106 valence electrons. The van der Waals surface area contributed by atoms with Crippen molar-refractivity contribution in [3.05, 3.63) is 52.2 Å². The summed E-state index contributed by atoms with van der Waals surface area (Å²) in [5.74, 6) is 0.823. The van der Waals surface area contributed by atoms with Gasteiger partial charge in [-0.25, -0.2) is 0 Å². The second-order valence-corrected chi connectivity index (χ2v) is 5.81. The van der Waals surface area contributed by atoms with E-state index >= 15 is 0 Å². The first kappa shape index (κ1) is 14.6. The number of hydrogen-bond donors (Lipinski definition) is 1. The van der Waals surface area contributed by atoms with Gasteiger partial charge >= 0.3 is 0 Å². The molecule has 20 heavy (non-hydrogen) atoms. The fourth-order valence-electron chi connectivity index (χ4n) is 2.08. The Kier molecular flexibility index (Phi) is 5.18. The molecule has 0 spiro atoms. The Morgan fingerprint density at radius 1 is 1.35 bits per heavy atom. The summed E-state index contributed by atoms with van der Waals surface area (Å²) in [6.45, 7) is 2.03. The fourth-order valence-corrected chi connectivity index (χ4v) is 2.91. The summed E-state index contributed by atoms with van der Waals surface area (Å²) in [4.78, 5) is 13.3. The first-order valence-corrected chi connectivity index (χ1v) is 7.50. The lowest BCUT2D eigenvalue weighted by atomic mass is 10.1. The van der Waals surface area contributed by atoms with Gasteiger partial charge in [0.2, 0.25) is 5.91 Å². The Hall–Kier alpha value is -1.81. The number of rotatable bonds is 6. The monoisotopic (exact) mass is 289 g/mol. The van der Waals surface area contributed by atoms with Crippen LogP contribution in [0.2, 0.25) is 0 Å². The van der Waals surface area contributed by atoms with Crippen molar-refractivity contribution in [2.45, 2.75) is 25.8 Å². The van der Waals surface area contributed by atoms with E-state index in [4.69, 9.17) is 4.74 Å². The molecule has 1 atom stereocenters. The molecule has 0 fully saturated rings. The minimum atomic E-state index is 0.0438. The number of amides is 1. The maximum atomic E-state index is 12.0. The maximum absolute atomic E-state index is 12.0. The van der Waals surface area contributed by atoms with Gasteiger partial charge in [0.05, 0.1) is 13.5 Å². The van der Waals surface area contributed by atoms with Crippen molar-refractivity contribution in [3.8, 4) is 5.75 Å². The van der Waals surface area contributed by atoms with Crippen molar-refractivity contribution < 1.29 is 9.53 Å². The van der Waals surface area contributed by atoms with Gasteiger partial charge in [0.15, 0.2) is 0 Å². The van der Waals surface area contributed by atoms with Crippen LogP contribution >= 0.6 is 11.3 Å². The number of carbonyl (C=O) groups excluding carboxylic acids is 1. The number of thiophene rings is 1. The number of ether oxygens (including phenoxy) is 1. The largest absolute Gasteiger partial charge is 0.497 e. The van der Waals surface area contributed by atoms with E-state index in [1.54, 1.807) is 18.4 Å². The maximum Gasteiger partial charge on any atom is 0.224 e. The molecule has 0 aliphatic heterocycles. The van der Waals surface area contributed by atoms with Crippen LogP contribution in [0.4, 0.5) is 0 Å². The average Bonchev–Trinajstić information content (AvgIpc) is 2.91. The van der Waals surface area contributed by atoms with Crippen molar-refractivity contribution >= 4 is 17.2 Å². The number of nitrogens with one attached hydrogen (secondary N) is 1. The van der Waals surface area contributed by atoms with Gasteiger partial charge in [-0.2, -0.15) is 0 Å². The van der Waals surface area contributed by atoms with Gasteiger partial charge in [-0.1, -0.05) is 18.2 Å². The summed E-state index contributed by atoms with van der Waals surface area (Å²) in [6.07, 6.45) is 1.26. The lowest BCUT2D eigenvalue weighted by molar-refractivity contribution is -0.121. The second kappa shape index (κ2) is 7.10. The first-order chi connectivity index (χ1) is 9.67. The van der Waals surface area contributed by atoms with Crippen molar-refractivity contribution in [1.82, 2.24) is 5.32 Å². The molecule has 0 aliphatic rings. The summed E-state index contributed by atoms with van der Waals surface area (Å²) in [7, 11) is 1.63. The van der Waals surface area contributed by atoms with Crippen molar-refractivity contribution in [3.63, 3.8) is 0 Å². The molecule has 0 saturated carbocycles. The zero-order valence-corrected chi connectivity index (χ0v) is 12.6. The van der Waals surface area contributed by atoms with Gasteiger partial charge in [-0.3, -0.25) is 4.79 Å².